The van der Waals surface area contributed by atoms with Gasteiger partial charge < -0.3 is 10.4 Å². The van der Waals surface area contributed by atoms with Crippen LogP contribution in [0.1, 0.15) is 43.9 Å². The van der Waals surface area contributed by atoms with Crippen LogP contribution >= 0.6 is 0 Å². The molecule has 0 aliphatic heterocycles. The lowest BCUT2D eigenvalue weighted by Crippen LogP contribution is -2.25. The second-order valence-electron chi connectivity index (χ2n) is 5.74. The maximum atomic E-state index is 11.3. The quantitative estimate of drug-likeness (QED) is 0.820. The lowest BCUT2D eigenvalue weighted by atomic mass is 9.85. The molecule has 0 bridgehead atoms. The van der Waals surface area contributed by atoms with Gasteiger partial charge in [0, 0.05) is 6.54 Å². The average molecular weight is 263 g/mol. The van der Waals surface area contributed by atoms with Crippen molar-refractivity contribution in [1.82, 2.24) is 5.32 Å². The molecule has 0 atom stereocenters. The molecule has 4 heteroatoms. The van der Waals surface area contributed by atoms with Gasteiger partial charge >= 0.3 is 5.97 Å². The Bertz CT molecular complexity index is 487. The lowest BCUT2D eigenvalue weighted by Gasteiger charge is -2.21. The van der Waals surface area contributed by atoms with Crippen LogP contribution in [-0.4, -0.2) is 17.0 Å². The Balaban J connectivity index is 2.78. The SMILES string of the molecule is Cc1ccc(C(C)(C)C)cc1CNC(=O)CC(=O)O. The molecular formula is C15H21NO3. The van der Waals surface area contributed by atoms with Crippen LogP contribution in [0.15, 0.2) is 18.2 Å². The van der Waals surface area contributed by atoms with Gasteiger partial charge in [0.15, 0.2) is 0 Å². The van der Waals surface area contributed by atoms with Gasteiger partial charge in [0.05, 0.1) is 0 Å². The first kappa shape index (κ1) is 15.2. The number of benzene rings is 1. The number of carboxylic acids is 1. The number of carbonyl (C=O) groups is 2. The van der Waals surface area contributed by atoms with E-state index < -0.39 is 18.3 Å². The molecule has 0 heterocycles. The molecule has 1 rings (SSSR count). The van der Waals surface area contributed by atoms with E-state index in [0.717, 1.165) is 11.1 Å². The zero-order chi connectivity index (χ0) is 14.6. The molecule has 0 aliphatic rings. The first-order valence-corrected chi connectivity index (χ1v) is 6.28. The van der Waals surface area contributed by atoms with Crippen LogP contribution in [0.3, 0.4) is 0 Å². The van der Waals surface area contributed by atoms with Gasteiger partial charge in [-0.05, 0) is 29.0 Å². The maximum Gasteiger partial charge on any atom is 0.312 e. The van der Waals surface area contributed by atoms with Crippen molar-refractivity contribution in [3.05, 3.63) is 34.9 Å². The Morgan fingerprint density at radius 3 is 2.42 bits per heavy atom. The molecule has 0 saturated carbocycles. The summed E-state index contributed by atoms with van der Waals surface area (Å²) in [7, 11) is 0. The van der Waals surface area contributed by atoms with E-state index in [-0.39, 0.29) is 5.41 Å². The van der Waals surface area contributed by atoms with Gasteiger partial charge in [0.2, 0.25) is 5.91 Å². The van der Waals surface area contributed by atoms with Crippen LogP contribution in [0, 0.1) is 6.92 Å². The molecule has 0 unspecified atom stereocenters. The molecular weight excluding hydrogens is 242 g/mol. The van der Waals surface area contributed by atoms with Crippen molar-refractivity contribution in [2.24, 2.45) is 0 Å². The first-order chi connectivity index (χ1) is 8.70. The standard InChI is InChI=1S/C15H21NO3/c1-10-5-6-12(15(2,3)4)7-11(10)9-16-13(17)8-14(18)19/h5-7H,8-9H2,1-4H3,(H,16,17)(H,18,19). The maximum absolute atomic E-state index is 11.3. The van der Waals surface area contributed by atoms with Crippen molar-refractivity contribution in [3.8, 4) is 0 Å². The molecule has 104 valence electrons. The van der Waals surface area contributed by atoms with Crippen molar-refractivity contribution in [1.29, 1.82) is 0 Å². The van der Waals surface area contributed by atoms with Crippen molar-refractivity contribution in [2.45, 2.75) is 46.1 Å². The summed E-state index contributed by atoms with van der Waals surface area (Å²) >= 11 is 0. The van der Waals surface area contributed by atoms with Crippen LogP contribution in [0.5, 0.6) is 0 Å². The number of nitrogens with one attached hydrogen (secondary N) is 1. The Hall–Kier alpha value is -1.84. The van der Waals surface area contributed by atoms with Gasteiger partial charge in [-0.25, -0.2) is 0 Å². The van der Waals surface area contributed by atoms with Gasteiger partial charge in [-0.1, -0.05) is 39.0 Å². The predicted molar refractivity (Wildman–Crippen MR) is 74.0 cm³/mol. The topological polar surface area (TPSA) is 66.4 Å². The Labute approximate surface area is 113 Å². The molecule has 1 aromatic rings. The molecule has 0 radical (unpaired) electrons. The summed E-state index contributed by atoms with van der Waals surface area (Å²) in [5.74, 6) is -1.58. The predicted octanol–water partition coefficient (Wildman–Crippen LogP) is 2.38. The van der Waals surface area contributed by atoms with Crippen LogP contribution in [0.4, 0.5) is 0 Å². The zero-order valence-corrected chi connectivity index (χ0v) is 11.9. The van der Waals surface area contributed by atoms with Crippen molar-refractivity contribution < 1.29 is 14.7 Å². The molecule has 1 amide bonds. The summed E-state index contributed by atoms with van der Waals surface area (Å²) in [5.41, 5.74) is 3.35. The van der Waals surface area contributed by atoms with E-state index in [0.29, 0.717) is 6.54 Å². The molecule has 0 spiro atoms. The molecule has 4 nitrogen and oxygen atoms in total. The van der Waals surface area contributed by atoms with Gasteiger partial charge in [-0.3, -0.25) is 9.59 Å². The Morgan fingerprint density at radius 2 is 1.89 bits per heavy atom. The highest BCUT2D eigenvalue weighted by Crippen LogP contribution is 2.24. The smallest absolute Gasteiger partial charge is 0.312 e. The summed E-state index contributed by atoms with van der Waals surface area (Å²) < 4.78 is 0. The second-order valence-corrected chi connectivity index (χ2v) is 5.74. The fourth-order valence-corrected chi connectivity index (χ4v) is 1.72. The average Bonchev–Trinajstić information content (AvgIpc) is 2.25. The van der Waals surface area contributed by atoms with Crippen molar-refractivity contribution in [2.75, 3.05) is 0 Å². The van der Waals surface area contributed by atoms with Crippen LogP contribution in [0.25, 0.3) is 0 Å². The number of carbonyl (C=O) groups excluding carboxylic acids is 1. The van der Waals surface area contributed by atoms with Crippen LogP contribution < -0.4 is 5.32 Å². The fourth-order valence-electron chi connectivity index (χ4n) is 1.72. The molecule has 19 heavy (non-hydrogen) atoms. The van der Waals surface area contributed by atoms with Crippen LogP contribution in [-0.2, 0) is 21.5 Å². The van der Waals surface area contributed by atoms with Gasteiger partial charge in [-0.15, -0.1) is 0 Å². The number of hydrogen-bond acceptors (Lipinski definition) is 2. The lowest BCUT2D eigenvalue weighted by molar-refractivity contribution is -0.140. The summed E-state index contributed by atoms with van der Waals surface area (Å²) in [6.45, 7) is 8.73. The molecule has 0 aromatic heterocycles. The zero-order valence-electron chi connectivity index (χ0n) is 11.9. The van der Waals surface area contributed by atoms with Crippen molar-refractivity contribution in [3.63, 3.8) is 0 Å². The number of carboxylic acid groups (broad SMARTS) is 1. The largest absolute Gasteiger partial charge is 0.481 e. The minimum Gasteiger partial charge on any atom is -0.481 e. The minimum absolute atomic E-state index is 0.0491. The highest BCUT2D eigenvalue weighted by Gasteiger charge is 2.15. The molecule has 2 N–H and O–H groups in total. The highest BCUT2D eigenvalue weighted by atomic mass is 16.4. The van der Waals surface area contributed by atoms with Gasteiger partial charge in [0.25, 0.3) is 0 Å². The summed E-state index contributed by atoms with van der Waals surface area (Å²) in [4.78, 5) is 21.7. The minimum atomic E-state index is -1.11. The molecule has 0 aliphatic carbocycles. The molecule has 0 fully saturated rings. The summed E-state index contributed by atoms with van der Waals surface area (Å²) in [6.07, 6.45) is -0.488. The highest BCUT2D eigenvalue weighted by molar-refractivity contribution is 5.93. The third kappa shape index (κ3) is 4.73. The first-order valence-electron chi connectivity index (χ1n) is 6.28. The van der Waals surface area contributed by atoms with E-state index in [4.69, 9.17) is 5.11 Å². The van der Waals surface area contributed by atoms with Crippen LogP contribution in [0.2, 0.25) is 0 Å². The number of hydrogen-bond donors (Lipinski definition) is 2. The van der Waals surface area contributed by atoms with Gasteiger partial charge in [-0.2, -0.15) is 0 Å². The van der Waals surface area contributed by atoms with E-state index in [9.17, 15) is 9.59 Å². The summed E-state index contributed by atoms with van der Waals surface area (Å²) in [5, 5.41) is 11.2. The fraction of sp³-hybridized carbons (Fsp3) is 0.467. The monoisotopic (exact) mass is 263 g/mol. The Morgan fingerprint density at radius 1 is 1.26 bits per heavy atom. The van der Waals surface area contributed by atoms with Gasteiger partial charge in [0.1, 0.15) is 6.42 Å². The third-order valence-corrected chi connectivity index (χ3v) is 3.00. The molecule has 0 saturated heterocycles. The van der Waals surface area contributed by atoms with Crippen molar-refractivity contribution >= 4 is 11.9 Å². The van der Waals surface area contributed by atoms with E-state index in [1.807, 2.05) is 13.0 Å². The van der Waals surface area contributed by atoms with E-state index in [1.54, 1.807) is 0 Å². The Kier molecular flexibility index (Phi) is 4.70. The second kappa shape index (κ2) is 5.87. The summed E-state index contributed by atoms with van der Waals surface area (Å²) in [6, 6.07) is 6.17. The van der Waals surface area contributed by atoms with E-state index in [1.165, 1.54) is 5.56 Å². The third-order valence-electron chi connectivity index (χ3n) is 3.00. The van der Waals surface area contributed by atoms with E-state index in [2.05, 4.69) is 38.2 Å². The number of amides is 1. The number of aryl methyl sites for hydroxylation is 1. The normalized spacial score (nSPS) is 11.2. The molecule has 1 aromatic carbocycles. The number of aliphatic carboxylic acids is 1. The van der Waals surface area contributed by atoms with E-state index >= 15 is 0 Å². The number of rotatable bonds is 4.